The fraction of sp³-hybridized carbons (Fsp3) is 0.143. The van der Waals surface area contributed by atoms with Gasteiger partial charge in [-0.25, -0.2) is 14.8 Å². The van der Waals surface area contributed by atoms with Crippen molar-refractivity contribution in [1.29, 1.82) is 0 Å². The number of aromatic nitrogens is 3. The second-order valence-corrected chi connectivity index (χ2v) is 6.77. The zero-order chi connectivity index (χ0) is 20.7. The molecule has 0 aliphatic carbocycles. The Kier molecular flexibility index (Phi) is 4.38. The van der Waals surface area contributed by atoms with Crippen LogP contribution in [0.2, 0.25) is 0 Å². The first-order chi connectivity index (χ1) is 13.9. The van der Waals surface area contributed by atoms with Gasteiger partial charge in [0.1, 0.15) is 16.9 Å². The van der Waals surface area contributed by atoms with E-state index >= 15 is 0 Å². The van der Waals surface area contributed by atoms with Crippen molar-refractivity contribution in [1.82, 2.24) is 14.5 Å². The van der Waals surface area contributed by atoms with Crippen molar-refractivity contribution in [3.63, 3.8) is 0 Å². The number of carbonyl (C=O) groups excluding carboxylic acids is 2. The summed E-state index contributed by atoms with van der Waals surface area (Å²) in [6.45, 7) is 3.49. The van der Waals surface area contributed by atoms with Crippen LogP contribution in [0.15, 0.2) is 48.5 Å². The molecule has 0 bridgehead atoms. The highest BCUT2D eigenvalue weighted by Crippen LogP contribution is 2.31. The Morgan fingerprint density at radius 1 is 1.03 bits per heavy atom. The largest absolute Gasteiger partial charge is 0.545 e. The van der Waals surface area contributed by atoms with E-state index in [1.807, 2.05) is 12.1 Å². The number of nitrogens with zero attached hydrogens (tertiary/aromatic N) is 3. The van der Waals surface area contributed by atoms with Crippen molar-refractivity contribution in [3.05, 3.63) is 59.7 Å². The number of carbonyl (C=O) groups is 2. The second kappa shape index (κ2) is 6.90. The molecule has 0 atom stereocenters. The highest BCUT2D eigenvalue weighted by atomic mass is 16.5. The first-order valence-corrected chi connectivity index (χ1v) is 8.96. The third-order valence-corrected chi connectivity index (χ3v) is 4.41. The van der Waals surface area contributed by atoms with Gasteiger partial charge in [-0.1, -0.05) is 24.3 Å². The van der Waals surface area contributed by atoms with E-state index in [4.69, 9.17) is 10.5 Å². The molecule has 0 radical (unpaired) electrons. The summed E-state index contributed by atoms with van der Waals surface area (Å²) in [4.78, 5) is 33.0. The molecule has 0 fully saturated rings. The molecule has 0 saturated heterocycles. The molecule has 0 saturated carbocycles. The molecule has 146 valence electrons. The lowest BCUT2D eigenvalue weighted by Gasteiger charge is -2.10. The van der Waals surface area contributed by atoms with Crippen molar-refractivity contribution >= 4 is 40.0 Å². The number of aromatic carboxylic acids is 1. The Labute approximate surface area is 165 Å². The van der Waals surface area contributed by atoms with Gasteiger partial charge in [0.05, 0.1) is 23.1 Å². The number of nitrogen functional groups attached to an aromatic ring is 1. The molecular formula is C21H17N4O4-. The molecule has 2 aromatic heterocycles. The summed E-state index contributed by atoms with van der Waals surface area (Å²) in [5.74, 6) is -1.77. The Morgan fingerprint density at radius 2 is 1.66 bits per heavy atom. The van der Waals surface area contributed by atoms with Gasteiger partial charge in [0.2, 0.25) is 0 Å². The molecule has 0 unspecified atom stereocenters. The molecule has 0 spiro atoms. The molecule has 2 heterocycles. The van der Waals surface area contributed by atoms with Gasteiger partial charge in [-0.15, -0.1) is 0 Å². The van der Waals surface area contributed by atoms with E-state index in [1.165, 1.54) is 12.1 Å². The molecule has 8 nitrogen and oxygen atoms in total. The number of benzene rings is 2. The summed E-state index contributed by atoms with van der Waals surface area (Å²) in [6.07, 6.45) is -0.337. The average Bonchev–Trinajstić information content (AvgIpc) is 2.96. The lowest BCUT2D eigenvalue weighted by Crippen LogP contribution is -2.22. The number of ether oxygens (including phenoxy) is 1. The number of hydrogen-bond acceptors (Lipinski definition) is 7. The smallest absolute Gasteiger partial charge is 0.344 e. The van der Waals surface area contributed by atoms with Crippen LogP contribution in [0.4, 0.5) is 5.82 Å². The van der Waals surface area contributed by atoms with Crippen LogP contribution in [-0.4, -0.2) is 32.6 Å². The molecule has 8 heteroatoms. The predicted octanol–water partition coefficient (Wildman–Crippen LogP) is 2.08. The lowest BCUT2D eigenvalue weighted by molar-refractivity contribution is -0.255. The molecule has 0 amide bonds. The van der Waals surface area contributed by atoms with Crippen LogP contribution in [0.5, 0.6) is 0 Å². The molecule has 2 aromatic carbocycles. The number of esters is 1. The molecule has 2 N–H and O–H groups in total. The van der Waals surface area contributed by atoms with E-state index in [1.54, 1.807) is 42.7 Å². The fourth-order valence-electron chi connectivity index (χ4n) is 3.14. The minimum atomic E-state index is -1.28. The predicted molar refractivity (Wildman–Crippen MR) is 106 cm³/mol. The lowest BCUT2D eigenvalue weighted by atomic mass is 10.2. The maximum absolute atomic E-state index is 12.7. The van der Waals surface area contributed by atoms with Crippen molar-refractivity contribution in [2.75, 3.05) is 5.73 Å². The van der Waals surface area contributed by atoms with Gasteiger partial charge in [-0.3, -0.25) is 4.57 Å². The Morgan fingerprint density at radius 3 is 2.24 bits per heavy atom. The van der Waals surface area contributed by atoms with Gasteiger partial charge < -0.3 is 20.4 Å². The van der Waals surface area contributed by atoms with Gasteiger partial charge in [0, 0.05) is 5.69 Å². The molecule has 0 aliphatic heterocycles. The number of fused-ring (bicyclic) bond motifs is 2. The Balaban J connectivity index is 2.02. The monoisotopic (exact) mass is 389 g/mol. The van der Waals surface area contributed by atoms with Crippen LogP contribution in [-0.2, 0) is 4.74 Å². The maximum Gasteiger partial charge on any atom is 0.344 e. The average molecular weight is 389 g/mol. The van der Waals surface area contributed by atoms with Crippen molar-refractivity contribution in [2.45, 2.75) is 20.0 Å². The van der Waals surface area contributed by atoms with Gasteiger partial charge >= 0.3 is 5.97 Å². The molecule has 4 aromatic rings. The third-order valence-electron chi connectivity index (χ3n) is 4.41. The normalized spacial score (nSPS) is 11.3. The van der Waals surface area contributed by atoms with Crippen LogP contribution in [0.3, 0.4) is 0 Å². The maximum atomic E-state index is 12.7. The molecular weight excluding hydrogens is 372 g/mol. The van der Waals surface area contributed by atoms with Crippen LogP contribution in [0, 0.1) is 0 Å². The molecule has 29 heavy (non-hydrogen) atoms. The van der Waals surface area contributed by atoms with E-state index in [0.717, 1.165) is 0 Å². The highest BCUT2D eigenvalue weighted by Gasteiger charge is 2.26. The summed E-state index contributed by atoms with van der Waals surface area (Å²) in [5.41, 5.74) is 8.96. The SMILES string of the molecule is CC(C)OC(=O)c1c(N)n(-c2ccc(C(=O)[O-])cc2)c2nc3ccccc3nc12. The van der Waals surface area contributed by atoms with Crippen molar-refractivity contribution < 1.29 is 19.4 Å². The van der Waals surface area contributed by atoms with Crippen molar-refractivity contribution in [2.24, 2.45) is 0 Å². The number of para-hydroxylation sites is 2. The van der Waals surface area contributed by atoms with Crippen LogP contribution >= 0.6 is 0 Å². The number of rotatable bonds is 4. The fourth-order valence-corrected chi connectivity index (χ4v) is 3.14. The Hall–Kier alpha value is -3.94. The summed E-state index contributed by atoms with van der Waals surface area (Å²) in [6, 6.07) is 13.2. The van der Waals surface area contributed by atoms with Crippen LogP contribution in [0.1, 0.15) is 34.6 Å². The van der Waals surface area contributed by atoms with Gasteiger partial charge in [-0.2, -0.15) is 0 Å². The zero-order valence-corrected chi connectivity index (χ0v) is 15.7. The highest BCUT2D eigenvalue weighted by molar-refractivity contribution is 6.09. The van der Waals surface area contributed by atoms with Gasteiger partial charge in [0.15, 0.2) is 5.65 Å². The Bertz CT molecular complexity index is 1260. The number of hydrogen-bond donors (Lipinski definition) is 1. The molecule has 0 aliphatic rings. The summed E-state index contributed by atoms with van der Waals surface area (Å²) < 4.78 is 6.91. The topological polar surface area (TPSA) is 123 Å². The quantitative estimate of drug-likeness (QED) is 0.530. The third kappa shape index (κ3) is 3.14. The van der Waals surface area contributed by atoms with E-state index in [-0.39, 0.29) is 23.0 Å². The van der Waals surface area contributed by atoms with E-state index < -0.39 is 11.9 Å². The van der Waals surface area contributed by atoms with E-state index in [0.29, 0.717) is 27.9 Å². The number of nitrogens with two attached hydrogens (primary N) is 1. The van der Waals surface area contributed by atoms with Gasteiger partial charge in [-0.05, 0) is 43.7 Å². The minimum Gasteiger partial charge on any atom is -0.545 e. The van der Waals surface area contributed by atoms with E-state index in [2.05, 4.69) is 9.97 Å². The molecule has 4 rings (SSSR count). The second-order valence-electron chi connectivity index (χ2n) is 6.77. The number of carboxylic acids is 1. The van der Waals surface area contributed by atoms with Crippen LogP contribution < -0.4 is 10.8 Å². The minimum absolute atomic E-state index is 0.0276. The standard InChI is InChI=1S/C21H18N4O4/c1-11(2)29-21(28)16-17-19(24-15-6-4-3-5-14(15)23-17)25(18(16)22)13-9-7-12(8-10-13)20(26)27/h3-11H,22H2,1-2H3,(H,26,27)/p-1. The summed E-state index contributed by atoms with van der Waals surface area (Å²) >= 11 is 0. The van der Waals surface area contributed by atoms with Crippen LogP contribution in [0.25, 0.3) is 27.9 Å². The first-order valence-electron chi connectivity index (χ1n) is 8.96. The van der Waals surface area contributed by atoms with E-state index in [9.17, 15) is 14.7 Å². The van der Waals surface area contributed by atoms with Crippen molar-refractivity contribution in [3.8, 4) is 5.69 Å². The summed E-state index contributed by atoms with van der Waals surface area (Å²) in [7, 11) is 0. The zero-order valence-electron chi connectivity index (χ0n) is 15.7. The number of carboxylic acid groups (broad SMARTS) is 1. The first kappa shape index (κ1) is 18.4. The number of anilines is 1. The van der Waals surface area contributed by atoms with Gasteiger partial charge in [0.25, 0.3) is 0 Å². The summed E-state index contributed by atoms with van der Waals surface area (Å²) in [5, 5.41) is 11.0.